The molecule has 0 aliphatic carbocycles. The van der Waals surface area contributed by atoms with E-state index in [1.807, 2.05) is 0 Å². The maximum atomic E-state index is 5.32. The third-order valence-electron chi connectivity index (χ3n) is 1.10. The van der Waals surface area contributed by atoms with Gasteiger partial charge in [-0.15, -0.1) is 0 Å². The molecule has 0 unspecified atom stereocenters. The Morgan fingerprint density at radius 3 is 2.11 bits per heavy atom. The van der Waals surface area contributed by atoms with Crippen LogP contribution in [0.5, 0.6) is 0 Å². The molecule has 9 heavy (non-hydrogen) atoms. The number of nitrogens with two attached hydrogens (primary N) is 1. The Morgan fingerprint density at radius 1 is 1.44 bits per heavy atom. The highest BCUT2D eigenvalue weighted by Gasteiger charge is 1.84. The topological polar surface area (TPSA) is 26.0 Å². The summed E-state index contributed by atoms with van der Waals surface area (Å²) < 4.78 is 0. The quantitative estimate of drug-likeness (QED) is 0.562. The highest BCUT2D eigenvalue weighted by Crippen LogP contribution is 2.03. The Labute approximate surface area is 57.3 Å². The molecule has 0 spiro atoms. The summed E-state index contributed by atoms with van der Waals surface area (Å²) >= 11 is 0. The Balaban J connectivity index is 4.01. The molecule has 1 nitrogen and oxygen atoms in total. The van der Waals surface area contributed by atoms with Crippen LogP contribution in [0.15, 0.2) is 23.4 Å². The summed E-state index contributed by atoms with van der Waals surface area (Å²) in [7, 11) is 0. The third-order valence-corrected chi connectivity index (χ3v) is 1.10. The monoisotopic (exact) mass is 125 g/mol. The van der Waals surface area contributed by atoms with Gasteiger partial charge in [0.25, 0.3) is 0 Å². The minimum absolute atomic E-state index is 1.02. The molecule has 0 amide bonds. The molecule has 0 saturated carbocycles. The molecule has 0 saturated heterocycles. The van der Waals surface area contributed by atoms with E-state index in [1.165, 1.54) is 11.1 Å². The van der Waals surface area contributed by atoms with Crippen LogP contribution >= 0.6 is 0 Å². The zero-order valence-corrected chi connectivity index (χ0v) is 6.44. The first-order chi connectivity index (χ1) is 4.20. The molecule has 0 radical (unpaired) electrons. The van der Waals surface area contributed by atoms with Gasteiger partial charge in [-0.3, -0.25) is 0 Å². The fourth-order valence-electron chi connectivity index (χ4n) is 0.639. The summed E-state index contributed by atoms with van der Waals surface area (Å²) in [5.74, 6) is 0. The average Bonchev–Trinajstić information content (AvgIpc) is 1.82. The predicted molar refractivity (Wildman–Crippen MR) is 42.0 cm³/mol. The van der Waals surface area contributed by atoms with Crippen molar-refractivity contribution in [1.82, 2.24) is 0 Å². The normalized spacial score (nSPS) is 11.2. The molecule has 2 N–H and O–H groups in total. The van der Waals surface area contributed by atoms with Crippen LogP contribution in [-0.2, 0) is 0 Å². The van der Waals surface area contributed by atoms with Crippen molar-refractivity contribution in [2.75, 3.05) is 0 Å². The highest BCUT2D eigenvalue weighted by atomic mass is 14.5. The standard InChI is InChI=1S/C8H15N/c1-4-8(6-9)5-7(2)3/h5-6H,4,9H2,1-3H3/b8-6-. The molecule has 0 bridgehead atoms. The average molecular weight is 125 g/mol. The van der Waals surface area contributed by atoms with Gasteiger partial charge >= 0.3 is 0 Å². The maximum Gasteiger partial charge on any atom is -0.00298 e. The molecule has 0 aliphatic rings. The fourth-order valence-corrected chi connectivity index (χ4v) is 0.639. The van der Waals surface area contributed by atoms with Crippen LogP contribution in [0.2, 0.25) is 0 Å². The Morgan fingerprint density at radius 2 is 2.00 bits per heavy atom. The van der Waals surface area contributed by atoms with Gasteiger partial charge in [0.15, 0.2) is 0 Å². The van der Waals surface area contributed by atoms with Gasteiger partial charge in [0, 0.05) is 0 Å². The van der Waals surface area contributed by atoms with E-state index in [-0.39, 0.29) is 0 Å². The van der Waals surface area contributed by atoms with Crippen molar-refractivity contribution in [1.29, 1.82) is 0 Å². The molecule has 0 atom stereocenters. The van der Waals surface area contributed by atoms with Crippen LogP contribution < -0.4 is 5.73 Å². The van der Waals surface area contributed by atoms with Crippen molar-refractivity contribution in [3.05, 3.63) is 23.4 Å². The molecule has 0 heterocycles. The van der Waals surface area contributed by atoms with E-state index in [9.17, 15) is 0 Å². The van der Waals surface area contributed by atoms with E-state index in [1.54, 1.807) is 6.20 Å². The number of allylic oxidation sites excluding steroid dienone is 3. The van der Waals surface area contributed by atoms with Crippen molar-refractivity contribution in [3.63, 3.8) is 0 Å². The van der Waals surface area contributed by atoms with Crippen molar-refractivity contribution in [3.8, 4) is 0 Å². The summed E-state index contributed by atoms with van der Waals surface area (Å²) in [5, 5.41) is 0. The minimum Gasteiger partial charge on any atom is -0.404 e. The van der Waals surface area contributed by atoms with Gasteiger partial charge in [-0.2, -0.15) is 0 Å². The van der Waals surface area contributed by atoms with E-state index in [4.69, 9.17) is 5.73 Å². The third kappa shape index (κ3) is 3.83. The van der Waals surface area contributed by atoms with Gasteiger partial charge in [-0.25, -0.2) is 0 Å². The molecular weight excluding hydrogens is 110 g/mol. The Hall–Kier alpha value is -0.720. The minimum atomic E-state index is 1.02. The molecule has 0 aromatic rings. The van der Waals surface area contributed by atoms with Crippen LogP contribution in [0.1, 0.15) is 27.2 Å². The van der Waals surface area contributed by atoms with Crippen LogP contribution in [0.4, 0.5) is 0 Å². The van der Waals surface area contributed by atoms with Gasteiger partial charge in [-0.1, -0.05) is 18.6 Å². The summed E-state index contributed by atoms with van der Waals surface area (Å²) in [4.78, 5) is 0. The second-order valence-corrected chi connectivity index (χ2v) is 2.32. The van der Waals surface area contributed by atoms with Gasteiger partial charge in [0.2, 0.25) is 0 Å². The van der Waals surface area contributed by atoms with Crippen molar-refractivity contribution >= 4 is 0 Å². The van der Waals surface area contributed by atoms with Gasteiger partial charge in [-0.05, 0) is 32.0 Å². The summed E-state index contributed by atoms with van der Waals surface area (Å²) in [6.07, 6.45) is 4.77. The van der Waals surface area contributed by atoms with E-state index in [0.29, 0.717) is 0 Å². The van der Waals surface area contributed by atoms with E-state index >= 15 is 0 Å². The summed E-state index contributed by atoms with van der Waals surface area (Å²) in [6.45, 7) is 6.23. The zero-order chi connectivity index (χ0) is 7.28. The van der Waals surface area contributed by atoms with Crippen LogP contribution in [0.3, 0.4) is 0 Å². The summed E-state index contributed by atoms with van der Waals surface area (Å²) in [5.41, 5.74) is 7.83. The van der Waals surface area contributed by atoms with Gasteiger partial charge in [0.05, 0.1) is 0 Å². The lowest BCUT2D eigenvalue weighted by molar-refractivity contribution is 1.12. The lowest BCUT2D eigenvalue weighted by atomic mass is 10.1. The first-order valence-corrected chi connectivity index (χ1v) is 3.26. The van der Waals surface area contributed by atoms with Crippen molar-refractivity contribution in [2.45, 2.75) is 27.2 Å². The zero-order valence-electron chi connectivity index (χ0n) is 6.44. The molecule has 52 valence electrons. The first kappa shape index (κ1) is 8.28. The van der Waals surface area contributed by atoms with Crippen LogP contribution in [0, 0.1) is 0 Å². The maximum absolute atomic E-state index is 5.32. The van der Waals surface area contributed by atoms with Crippen molar-refractivity contribution < 1.29 is 0 Å². The van der Waals surface area contributed by atoms with Crippen LogP contribution in [0.25, 0.3) is 0 Å². The van der Waals surface area contributed by atoms with Crippen molar-refractivity contribution in [2.24, 2.45) is 5.73 Å². The van der Waals surface area contributed by atoms with Crippen LogP contribution in [-0.4, -0.2) is 0 Å². The van der Waals surface area contributed by atoms with E-state index in [2.05, 4.69) is 26.8 Å². The number of rotatable bonds is 2. The molecule has 0 aliphatic heterocycles. The fraction of sp³-hybridized carbons (Fsp3) is 0.500. The van der Waals surface area contributed by atoms with Gasteiger partial charge in [0.1, 0.15) is 0 Å². The molecule has 0 aromatic carbocycles. The molecule has 0 fully saturated rings. The Bertz CT molecular complexity index is 128. The molecule has 0 aromatic heterocycles. The number of hydrogen-bond acceptors (Lipinski definition) is 1. The SMILES string of the molecule is CC/C(C=C(C)C)=C/N. The molecular formula is C8H15N. The lowest BCUT2D eigenvalue weighted by Crippen LogP contribution is -1.84. The second-order valence-electron chi connectivity index (χ2n) is 2.32. The first-order valence-electron chi connectivity index (χ1n) is 3.26. The van der Waals surface area contributed by atoms with E-state index < -0.39 is 0 Å². The predicted octanol–water partition coefficient (Wildman–Crippen LogP) is 2.21. The highest BCUT2D eigenvalue weighted by molar-refractivity contribution is 5.20. The summed E-state index contributed by atoms with van der Waals surface area (Å²) in [6, 6.07) is 0. The number of hydrogen-bond donors (Lipinski definition) is 1. The smallest absolute Gasteiger partial charge is 0.00298 e. The molecule has 1 heteroatoms. The largest absolute Gasteiger partial charge is 0.404 e. The lowest BCUT2D eigenvalue weighted by Gasteiger charge is -1.94. The molecule has 0 rings (SSSR count). The van der Waals surface area contributed by atoms with E-state index in [0.717, 1.165) is 6.42 Å². The second kappa shape index (κ2) is 4.19. The Kier molecular flexibility index (Phi) is 3.85. The van der Waals surface area contributed by atoms with Gasteiger partial charge < -0.3 is 5.73 Å².